The highest BCUT2D eigenvalue weighted by Gasteiger charge is 2.19. The van der Waals surface area contributed by atoms with Crippen molar-refractivity contribution < 1.29 is 17.6 Å². The van der Waals surface area contributed by atoms with E-state index in [2.05, 4.69) is 25.5 Å². The lowest BCUT2D eigenvalue weighted by Gasteiger charge is -2.16. The Morgan fingerprint density at radius 1 is 0.838 bits per heavy atom. The summed E-state index contributed by atoms with van der Waals surface area (Å²) in [6.45, 7) is -1.04. The van der Waals surface area contributed by atoms with Gasteiger partial charge < -0.3 is 5.32 Å². The fourth-order valence-corrected chi connectivity index (χ4v) is 3.74. The Bertz CT molecular complexity index is 1790. The molecule has 0 saturated carbocycles. The Morgan fingerprint density at radius 2 is 1.59 bits per heavy atom. The minimum absolute atomic E-state index is 0.114. The maximum absolute atomic E-state index is 14.8. The van der Waals surface area contributed by atoms with Crippen molar-refractivity contribution in [1.82, 2.24) is 38.7 Å². The number of fused-ring (bicyclic) bond motifs is 1. The zero-order chi connectivity index (χ0) is 26.4. The highest BCUT2D eigenvalue weighted by Crippen LogP contribution is 2.24. The Labute approximate surface area is 204 Å². The molecule has 11 nitrogen and oxygen atoms in total. The van der Waals surface area contributed by atoms with E-state index in [0.29, 0.717) is 27.6 Å². The van der Waals surface area contributed by atoms with Crippen molar-refractivity contribution in [3.8, 4) is 0 Å². The van der Waals surface area contributed by atoms with E-state index in [4.69, 9.17) is 0 Å². The zero-order valence-corrected chi connectivity index (χ0v) is 19.3. The summed E-state index contributed by atoms with van der Waals surface area (Å²) in [5.41, 5.74) is -2.23. The van der Waals surface area contributed by atoms with E-state index in [-0.39, 0.29) is 18.1 Å². The standard InChI is InChI=1S/C22H17F4N9O2/c1-32-7-12-4-18(16(26)6-17(12)30-32)28-20-29-21(36)35(9-19-27-10-33(2)31-19)22(37)34(20)8-11-3-14(24)15(25)5-13(11)23/h3-7,10H,8-9H2,1-2H3,(H,28,29,36). The van der Waals surface area contributed by atoms with Gasteiger partial charge in [-0.2, -0.15) is 15.2 Å². The molecular formula is C22H17F4N9O2. The SMILES string of the molecule is Cn1cnc(Cn2c(=O)nc(Nc3cc4cn(C)nc4cc3F)n(Cc3cc(F)c(F)cc3F)c2=O)n1. The van der Waals surface area contributed by atoms with Crippen molar-refractivity contribution in [3.05, 3.63) is 92.4 Å². The predicted molar refractivity (Wildman–Crippen MR) is 122 cm³/mol. The summed E-state index contributed by atoms with van der Waals surface area (Å²) in [7, 11) is 3.24. The van der Waals surface area contributed by atoms with Gasteiger partial charge in [0.2, 0.25) is 5.95 Å². The molecule has 15 heteroatoms. The van der Waals surface area contributed by atoms with E-state index in [0.717, 1.165) is 10.6 Å². The first-order valence-electron chi connectivity index (χ1n) is 10.7. The van der Waals surface area contributed by atoms with Crippen LogP contribution < -0.4 is 16.7 Å². The summed E-state index contributed by atoms with van der Waals surface area (Å²) < 4.78 is 60.9. The second-order valence-electron chi connectivity index (χ2n) is 8.18. The zero-order valence-electron chi connectivity index (χ0n) is 19.3. The number of anilines is 2. The normalized spacial score (nSPS) is 11.4. The molecule has 37 heavy (non-hydrogen) atoms. The lowest BCUT2D eigenvalue weighted by molar-refractivity contribution is 0.485. The molecular weight excluding hydrogens is 498 g/mol. The molecule has 0 bridgehead atoms. The smallest absolute Gasteiger partial charge is 0.323 e. The second kappa shape index (κ2) is 9.00. The maximum Gasteiger partial charge on any atom is 0.355 e. The van der Waals surface area contributed by atoms with Crippen LogP contribution in [0.1, 0.15) is 11.4 Å². The van der Waals surface area contributed by atoms with Gasteiger partial charge >= 0.3 is 11.4 Å². The van der Waals surface area contributed by atoms with Gasteiger partial charge in [-0.1, -0.05) is 0 Å². The Morgan fingerprint density at radius 3 is 2.32 bits per heavy atom. The maximum atomic E-state index is 14.8. The number of benzene rings is 2. The summed E-state index contributed by atoms with van der Waals surface area (Å²) in [6.07, 6.45) is 2.98. The minimum atomic E-state index is -1.41. The quantitative estimate of drug-likeness (QED) is 0.271. The number of nitrogens with one attached hydrogen (secondary N) is 1. The first-order chi connectivity index (χ1) is 17.6. The number of halogens is 4. The molecule has 5 aromatic rings. The molecule has 2 aromatic carbocycles. The summed E-state index contributed by atoms with van der Waals surface area (Å²) >= 11 is 0. The molecule has 0 atom stereocenters. The topological polar surface area (TPSA) is 117 Å². The second-order valence-corrected chi connectivity index (χ2v) is 8.18. The Kier molecular flexibility index (Phi) is 5.81. The molecule has 0 unspecified atom stereocenters. The first kappa shape index (κ1) is 23.9. The molecule has 0 aliphatic rings. The van der Waals surface area contributed by atoms with Gasteiger partial charge in [-0.05, 0) is 12.1 Å². The molecule has 0 amide bonds. The Balaban J connectivity index is 1.64. The van der Waals surface area contributed by atoms with Crippen molar-refractivity contribution in [2.24, 2.45) is 14.1 Å². The van der Waals surface area contributed by atoms with E-state index >= 15 is 0 Å². The average Bonchev–Trinajstić information content (AvgIpc) is 3.40. The van der Waals surface area contributed by atoms with Gasteiger partial charge in [0.25, 0.3) is 0 Å². The van der Waals surface area contributed by atoms with Crippen LogP contribution in [-0.2, 0) is 27.2 Å². The summed E-state index contributed by atoms with van der Waals surface area (Å²) in [5.74, 6) is -5.00. The fraction of sp³-hybridized carbons (Fsp3) is 0.182. The number of aryl methyl sites for hydroxylation is 2. The predicted octanol–water partition coefficient (Wildman–Crippen LogP) is 1.82. The van der Waals surface area contributed by atoms with Crippen LogP contribution in [0.2, 0.25) is 0 Å². The molecule has 0 fully saturated rings. The van der Waals surface area contributed by atoms with Gasteiger partial charge in [-0.15, -0.1) is 0 Å². The van der Waals surface area contributed by atoms with Crippen LogP contribution in [0.5, 0.6) is 0 Å². The largest absolute Gasteiger partial charge is 0.355 e. The monoisotopic (exact) mass is 515 g/mol. The molecule has 0 saturated heterocycles. The molecule has 5 rings (SSSR count). The number of aromatic nitrogens is 8. The van der Waals surface area contributed by atoms with E-state index < -0.39 is 52.7 Å². The van der Waals surface area contributed by atoms with Crippen molar-refractivity contribution in [2.75, 3.05) is 5.32 Å². The minimum Gasteiger partial charge on any atom is -0.323 e. The third-order valence-electron chi connectivity index (χ3n) is 5.47. The van der Waals surface area contributed by atoms with E-state index in [1.165, 1.54) is 21.8 Å². The molecule has 3 heterocycles. The number of nitrogens with zero attached hydrogens (tertiary/aromatic N) is 8. The summed E-state index contributed by atoms with van der Waals surface area (Å²) in [5, 5.41) is 11.2. The van der Waals surface area contributed by atoms with E-state index in [1.807, 2.05) is 0 Å². The van der Waals surface area contributed by atoms with E-state index in [9.17, 15) is 27.2 Å². The van der Waals surface area contributed by atoms with Crippen LogP contribution in [0.15, 0.2) is 46.4 Å². The van der Waals surface area contributed by atoms with Gasteiger partial charge in [-0.3, -0.25) is 13.9 Å². The van der Waals surface area contributed by atoms with Gasteiger partial charge in [-0.25, -0.2) is 36.7 Å². The fourth-order valence-electron chi connectivity index (χ4n) is 3.74. The van der Waals surface area contributed by atoms with Crippen LogP contribution in [0.4, 0.5) is 29.2 Å². The molecule has 0 aliphatic heterocycles. The van der Waals surface area contributed by atoms with Gasteiger partial charge in [0, 0.05) is 43.4 Å². The molecule has 0 aliphatic carbocycles. The van der Waals surface area contributed by atoms with Crippen LogP contribution in [0, 0.1) is 23.3 Å². The van der Waals surface area contributed by atoms with Gasteiger partial charge in [0.05, 0.1) is 24.3 Å². The van der Waals surface area contributed by atoms with Crippen LogP contribution in [-0.4, -0.2) is 38.7 Å². The first-order valence-corrected chi connectivity index (χ1v) is 10.7. The lowest BCUT2D eigenvalue weighted by Crippen LogP contribution is -2.43. The number of hydrogen-bond donors (Lipinski definition) is 1. The van der Waals surface area contributed by atoms with E-state index in [1.54, 1.807) is 20.3 Å². The van der Waals surface area contributed by atoms with Crippen molar-refractivity contribution in [1.29, 1.82) is 0 Å². The third-order valence-corrected chi connectivity index (χ3v) is 5.47. The summed E-state index contributed by atoms with van der Waals surface area (Å²) in [6, 6.07) is 3.44. The molecule has 0 radical (unpaired) electrons. The summed E-state index contributed by atoms with van der Waals surface area (Å²) in [4.78, 5) is 34.0. The van der Waals surface area contributed by atoms with Gasteiger partial charge in [0.15, 0.2) is 17.5 Å². The number of rotatable bonds is 6. The van der Waals surface area contributed by atoms with Crippen LogP contribution >= 0.6 is 0 Å². The molecule has 3 aromatic heterocycles. The Hall–Kier alpha value is -4.82. The third kappa shape index (κ3) is 4.57. The van der Waals surface area contributed by atoms with Crippen LogP contribution in [0.3, 0.4) is 0 Å². The van der Waals surface area contributed by atoms with Crippen molar-refractivity contribution in [3.63, 3.8) is 0 Å². The molecule has 1 N–H and O–H groups in total. The van der Waals surface area contributed by atoms with Crippen LogP contribution in [0.25, 0.3) is 10.9 Å². The number of hydrogen-bond acceptors (Lipinski definition) is 7. The highest BCUT2D eigenvalue weighted by molar-refractivity contribution is 5.83. The molecule has 190 valence electrons. The van der Waals surface area contributed by atoms with Crippen molar-refractivity contribution >= 4 is 22.5 Å². The average molecular weight is 515 g/mol. The molecule has 0 spiro atoms. The highest BCUT2D eigenvalue weighted by atomic mass is 19.2. The van der Waals surface area contributed by atoms with Gasteiger partial charge in [0.1, 0.15) is 18.0 Å². The lowest BCUT2D eigenvalue weighted by atomic mass is 10.2. The van der Waals surface area contributed by atoms with Crippen molar-refractivity contribution in [2.45, 2.75) is 13.1 Å².